The molecule has 2 aromatic carbocycles. The van der Waals surface area contributed by atoms with E-state index in [-0.39, 0.29) is 11.2 Å². The normalized spacial score (nSPS) is 15.5. The van der Waals surface area contributed by atoms with Gasteiger partial charge in [-0.1, -0.05) is 48.5 Å². The quantitative estimate of drug-likeness (QED) is 0.350. The molecule has 0 atom stereocenters. The van der Waals surface area contributed by atoms with Crippen molar-refractivity contribution in [2.45, 2.75) is 39.4 Å². The topological polar surface area (TPSA) is 68.5 Å². The van der Waals surface area contributed by atoms with E-state index in [1.54, 1.807) is 4.57 Å². The van der Waals surface area contributed by atoms with E-state index in [1.165, 1.54) is 11.3 Å². The van der Waals surface area contributed by atoms with Crippen molar-refractivity contribution in [2.24, 2.45) is 5.10 Å². The average Bonchev–Trinajstić information content (AvgIpc) is 3.15. The fraction of sp³-hybridized carbons (Fsp3) is 0.240. The fourth-order valence-corrected chi connectivity index (χ4v) is 5.06. The van der Waals surface area contributed by atoms with Crippen LogP contribution in [0.15, 0.2) is 70.6 Å². The molecule has 32 heavy (non-hydrogen) atoms. The van der Waals surface area contributed by atoms with E-state index in [2.05, 4.69) is 24.4 Å². The highest BCUT2D eigenvalue weighted by Gasteiger charge is 2.31. The van der Waals surface area contributed by atoms with Crippen LogP contribution in [0.25, 0.3) is 15.9 Å². The molecule has 0 amide bonds. The standard InChI is InChI=1S/C25H24N4O2S/c1-16(17-10-6-4-7-11-17)27-28-24-26-22-21(19-14-25(2,3)31-15-20(19)32-22)23(30)29(24)18-12-8-5-9-13-18/h4-13H,14-15H2,1-3H3,(H,26,28)/b27-16-. The van der Waals surface area contributed by atoms with Crippen LogP contribution in [0.4, 0.5) is 5.95 Å². The molecule has 0 unspecified atom stereocenters. The number of benzene rings is 2. The molecular formula is C25H24N4O2S. The third-order valence-electron chi connectivity index (χ3n) is 5.63. The summed E-state index contributed by atoms with van der Waals surface area (Å²) in [6.07, 6.45) is 0.687. The van der Waals surface area contributed by atoms with E-state index >= 15 is 0 Å². The number of hydrazone groups is 1. The summed E-state index contributed by atoms with van der Waals surface area (Å²) in [6, 6.07) is 19.5. The molecule has 3 heterocycles. The van der Waals surface area contributed by atoms with Crippen molar-refractivity contribution in [1.82, 2.24) is 9.55 Å². The molecule has 6 nitrogen and oxygen atoms in total. The second-order valence-electron chi connectivity index (χ2n) is 8.50. The highest BCUT2D eigenvalue weighted by Crippen LogP contribution is 2.37. The van der Waals surface area contributed by atoms with Gasteiger partial charge < -0.3 is 4.74 Å². The molecule has 0 bridgehead atoms. The highest BCUT2D eigenvalue weighted by molar-refractivity contribution is 7.18. The molecule has 1 aliphatic heterocycles. The zero-order chi connectivity index (χ0) is 22.3. The van der Waals surface area contributed by atoms with Crippen molar-refractivity contribution in [3.8, 4) is 5.69 Å². The molecule has 0 saturated carbocycles. The summed E-state index contributed by atoms with van der Waals surface area (Å²) < 4.78 is 7.58. The third-order valence-corrected chi connectivity index (χ3v) is 6.73. The molecule has 5 rings (SSSR count). The maximum absolute atomic E-state index is 13.8. The second kappa shape index (κ2) is 8.00. The van der Waals surface area contributed by atoms with Gasteiger partial charge in [0.15, 0.2) is 0 Å². The first-order chi connectivity index (χ1) is 15.4. The van der Waals surface area contributed by atoms with Crippen molar-refractivity contribution in [3.05, 3.63) is 87.0 Å². The first-order valence-corrected chi connectivity index (χ1v) is 11.4. The summed E-state index contributed by atoms with van der Waals surface area (Å²) >= 11 is 1.53. The molecule has 1 aliphatic rings. The van der Waals surface area contributed by atoms with Gasteiger partial charge >= 0.3 is 0 Å². The van der Waals surface area contributed by atoms with Crippen molar-refractivity contribution >= 4 is 33.2 Å². The van der Waals surface area contributed by atoms with Crippen molar-refractivity contribution < 1.29 is 4.74 Å². The number of ether oxygens (including phenoxy) is 1. The molecule has 2 aromatic heterocycles. The number of hydrogen-bond acceptors (Lipinski definition) is 6. The van der Waals surface area contributed by atoms with Crippen LogP contribution < -0.4 is 11.0 Å². The molecule has 0 saturated heterocycles. The number of thiophene rings is 1. The summed E-state index contributed by atoms with van der Waals surface area (Å²) in [6.45, 7) is 6.54. The van der Waals surface area contributed by atoms with Gasteiger partial charge in [0.05, 0.1) is 29.0 Å². The van der Waals surface area contributed by atoms with E-state index < -0.39 is 0 Å². The molecule has 0 fully saturated rings. The second-order valence-corrected chi connectivity index (χ2v) is 9.58. The monoisotopic (exact) mass is 444 g/mol. The Balaban J connectivity index is 1.68. The predicted octanol–water partition coefficient (Wildman–Crippen LogP) is 5.13. The molecule has 7 heteroatoms. The van der Waals surface area contributed by atoms with E-state index in [1.807, 2.05) is 67.6 Å². The number of para-hydroxylation sites is 1. The maximum Gasteiger partial charge on any atom is 0.268 e. The lowest BCUT2D eigenvalue weighted by atomic mass is 9.94. The molecule has 4 aromatic rings. The highest BCUT2D eigenvalue weighted by atomic mass is 32.1. The minimum atomic E-state index is -0.307. The Morgan fingerprint density at radius 3 is 2.53 bits per heavy atom. The van der Waals surface area contributed by atoms with Gasteiger partial charge in [0, 0.05) is 11.3 Å². The number of anilines is 1. The van der Waals surface area contributed by atoms with Gasteiger partial charge in [-0.25, -0.2) is 15.0 Å². The minimum absolute atomic E-state index is 0.0912. The molecule has 1 N–H and O–H groups in total. The Morgan fingerprint density at radius 2 is 1.81 bits per heavy atom. The van der Waals surface area contributed by atoms with Gasteiger partial charge in [0.25, 0.3) is 5.56 Å². The van der Waals surface area contributed by atoms with Gasteiger partial charge in [-0.15, -0.1) is 11.3 Å². The Hall–Kier alpha value is -3.29. The van der Waals surface area contributed by atoms with Gasteiger partial charge in [-0.3, -0.25) is 4.79 Å². The SMILES string of the molecule is C/C(=N/Nc1nc2sc3c(c2c(=O)n1-c1ccccc1)CC(C)(C)OC3)c1ccccc1. The molecule has 162 valence electrons. The Morgan fingerprint density at radius 1 is 1.12 bits per heavy atom. The number of rotatable bonds is 4. The Labute approximate surface area is 190 Å². The van der Waals surface area contributed by atoms with Crippen LogP contribution in [-0.4, -0.2) is 20.9 Å². The lowest BCUT2D eigenvalue weighted by Crippen LogP contribution is -2.32. The largest absolute Gasteiger partial charge is 0.370 e. The summed E-state index contributed by atoms with van der Waals surface area (Å²) in [5, 5.41) is 5.21. The molecule has 0 radical (unpaired) electrons. The van der Waals surface area contributed by atoms with E-state index in [9.17, 15) is 4.79 Å². The van der Waals surface area contributed by atoms with Crippen LogP contribution in [0.1, 0.15) is 36.8 Å². The smallest absolute Gasteiger partial charge is 0.268 e. The predicted molar refractivity (Wildman–Crippen MR) is 130 cm³/mol. The van der Waals surface area contributed by atoms with E-state index in [4.69, 9.17) is 9.72 Å². The third kappa shape index (κ3) is 3.74. The summed E-state index contributed by atoms with van der Waals surface area (Å²) in [4.78, 5) is 20.4. The number of nitrogens with one attached hydrogen (secondary N) is 1. The average molecular weight is 445 g/mol. The zero-order valence-electron chi connectivity index (χ0n) is 18.3. The summed E-state index contributed by atoms with van der Waals surface area (Å²) in [5.74, 6) is 0.391. The van der Waals surface area contributed by atoms with Gasteiger partial charge in [-0.2, -0.15) is 5.10 Å². The van der Waals surface area contributed by atoms with Crippen LogP contribution in [0, 0.1) is 0 Å². The number of nitrogens with zero attached hydrogens (tertiary/aromatic N) is 3. The van der Waals surface area contributed by atoms with Crippen LogP contribution in [0.5, 0.6) is 0 Å². The molecular weight excluding hydrogens is 420 g/mol. The Bertz CT molecular complexity index is 1370. The van der Waals surface area contributed by atoms with Crippen molar-refractivity contribution in [1.29, 1.82) is 0 Å². The molecule has 0 aliphatic carbocycles. The first-order valence-electron chi connectivity index (χ1n) is 10.6. The van der Waals surface area contributed by atoms with Crippen molar-refractivity contribution in [3.63, 3.8) is 0 Å². The first kappa shape index (κ1) is 20.6. The fourth-order valence-electron chi connectivity index (χ4n) is 3.96. The van der Waals surface area contributed by atoms with Gasteiger partial charge in [0.1, 0.15) is 4.83 Å². The zero-order valence-corrected chi connectivity index (χ0v) is 19.1. The number of fused-ring (bicyclic) bond motifs is 3. The van der Waals surface area contributed by atoms with Gasteiger partial charge in [0.2, 0.25) is 5.95 Å². The lowest BCUT2D eigenvalue weighted by molar-refractivity contribution is -0.0379. The van der Waals surface area contributed by atoms with Crippen LogP contribution in [0.2, 0.25) is 0 Å². The maximum atomic E-state index is 13.8. The van der Waals surface area contributed by atoms with E-state index in [0.717, 1.165) is 27.4 Å². The summed E-state index contributed by atoms with van der Waals surface area (Å²) in [7, 11) is 0. The van der Waals surface area contributed by atoms with Crippen LogP contribution >= 0.6 is 11.3 Å². The van der Waals surface area contributed by atoms with Crippen LogP contribution in [0.3, 0.4) is 0 Å². The Kier molecular flexibility index (Phi) is 5.15. The van der Waals surface area contributed by atoms with E-state index in [0.29, 0.717) is 29.2 Å². The summed E-state index contributed by atoms with van der Waals surface area (Å²) in [5.41, 5.74) is 6.26. The van der Waals surface area contributed by atoms with Crippen molar-refractivity contribution in [2.75, 3.05) is 5.43 Å². The number of aromatic nitrogens is 2. The van der Waals surface area contributed by atoms with Crippen LogP contribution in [-0.2, 0) is 17.8 Å². The molecule has 0 spiro atoms. The lowest BCUT2D eigenvalue weighted by Gasteiger charge is -2.29. The minimum Gasteiger partial charge on any atom is -0.370 e. The van der Waals surface area contributed by atoms with Gasteiger partial charge in [-0.05, 0) is 44.0 Å². The number of hydrogen-bond donors (Lipinski definition) is 1.